The molecule has 1 atom stereocenters. The standard InChI is InChI=1S/C14H21NO3/c1-4-17-13(16)11-12(18-9-15-11)10-7-5-6-8-14(10,2)3/h9-10H,4-8H2,1-3H3. The Balaban J connectivity index is 2.28. The lowest BCUT2D eigenvalue weighted by Crippen LogP contribution is -2.27. The van der Waals surface area contributed by atoms with E-state index in [1.165, 1.54) is 19.2 Å². The largest absolute Gasteiger partial charge is 0.461 e. The first kappa shape index (κ1) is 13.1. The van der Waals surface area contributed by atoms with Crippen molar-refractivity contribution in [2.75, 3.05) is 6.61 Å². The molecule has 1 heterocycles. The molecule has 0 aromatic carbocycles. The SMILES string of the molecule is CCOC(=O)c1ncoc1C1CCCCC1(C)C. The van der Waals surface area contributed by atoms with Crippen LogP contribution >= 0.6 is 0 Å². The van der Waals surface area contributed by atoms with E-state index in [0.29, 0.717) is 18.1 Å². The molecule has 1 aliphatic rings. The van der Waals surface area contributed by atoms with Gasteiger partial charge in [-0.2, -0.15) is 0 Å². The fourth-order valence-corrected chi connectivity index (χ4v) is 2.84. The Bertz CT molecular complexity index is 422. The van der Waals surface area contributed by atoms with Gasteiger partial charge in [-0.25, -0.2) is 9.78 Å². The van der Waals surface area contributed by atoms with Crippen LogP contribution in [-0.2, 0) is 4.74 Å². The third-order valence-electron chi connectivity index (χ3n) is 3.89. The molecular weight excluding hydrogens is 230 g/mol. The van der Waals surface area contributed by atoms with Crippen molar-refractivity contribution >= 4 is 5.97 Å². The number of hydrogen-bond donors (Lipinski definition) is 0. The zero-order chi connectivity index (χ0) is 13.2. The van der Waals surface area contributed by atoms with Crippen molar-refractivity contribution in [1.82, 2.24) is 4.98 Å². The molecule has 100 valence electrons. The van der Waals surface area contributed by atoms with E-state index in [9.17, 15) is 4.79 Å². The van der Waals surface area contributed by atoms with Crippen molar-refractivity contribution in [1.29, 1.82) is 0 Å². The Labute approximate surface area is 108 Å². The number of rotatable bonds is 3. The van der Waals surface area contributed by atoms with Gasteiger partial charge in [-0.15, -0.1) is 0 Å². The maximum Gasteiger partial charge on any atom is 0.360 e. The Morgan fingerprint density at radius 1 is 1.56 bits per heavy atom. The van der Waals surface area contributed by atoms with Crippen LogP contribution in [0, 0.1) is 5.41 Å². The fourth-order valence-electron chi connectivity index (χ4n) is 2.84. The van der Waals surface area contributed by atoms with Crippen molar-refractivity contribution < 1.29 is 13.9 Å². The number of nitrogens with zero attached hydrogens (tertiary/aromatic N) is 1. The average molecular weight is 251 g/mol. The summed E-state index contributed by atoms with van der Waals surface area (Å²) < 4.78 is 10.5. The van der Waals surface area contributed by atoms with Crippen molar-refractivity contribution in [3.63, 3.8) is 0 Å². The molecule has 1 unspecified atom stereocenters. The minimum Gasteiger partial charge on any atom is -0.461 e. The van der Waals surface area contributed by atoms with Gasteiger partial charge in [-0.3, -0.25) is 0 Å². The smallest absolute Gasteiger partial charge is 0.360 e. The Hall–Kier alpha value is -1.32. The topological polar surface area (TPSA) is 52.3 Å². The minimum absolute atomic E-state index is 0.152. The van der Waals surface area contributed by atoms with E-state index in [1.807, 2.05) is 0 Å². The van der Waals surface area contributed by atoms with Crippen LogP contribution in [0.5, 0.6) is 0 Å². The molecule has 0 amide bonds. The molecular formula is C14H21NO3. The van der Waals surface area contributed by atoms with Crippen molar-refractivity contribution in [3.8, 4) is 0 Å². The molecule has 1 aromatic rings. The number of esters is 1. The first-order valence-corrected chi connectivity index (χ1v) is 6.66. The third kappa shape index (κ3) is 2.42. The lowest BCUT2D eigenvalue weighted by atomic mass is 9.67. The molecule has 0 saturated heterocycles. The van der Waals surface area contributed by atoms with E-state index in [0.717, 1.165) is 12.8 Å². The summed E-state index contributed by atoms with van der Waals surface area (Å²) >= 11 is 0. The summed E-state index contributed by atoms with van der Waals surface area (Å²) in [4.78, 5) is 15.9. The van der Waals surface area contributed by atoms with Crippen LogP contribution in [-0.4, -0.2) is 17.6 Å². The molecule has 4 heteroatoms. The lowest BCUT2D eigenvalue weighted by molar-refractivity contribution is 0.0513. The van der Waals surface area contributed by atoms with Gasteiger partial charge in [-0.1, -0.05) is 26.7 Å². The third-order valence-corrected chi connectivity index (χ3v) is 3.89. The van der Waals surface area contributed by atoms with Crippen molar-refractivity contribution in [2.24, 2.45) is 5.41 Å². The highest BCUT2D eigenvalue weighted by Crippen LogP contribution is 2.47. The van der Waals surface area contributed by atoms with Crippen molar-refractivity contribution in [3.05, 3.63) is 17.8 Å². The molecule has 0 radical (unpaired) electrons. The highest BCUT2D eigenvalue weighted by Gasteiger charge is 2.38. The zero-order valence-electron chi connectivity index (χ0n) is 11.4. The maximum absolute atomic E-state index is 11.8. The predicted molar refractivity (Wildman–Crippen MR) is 67.4 cm³/mol. The van der Waals surface area contributed by atoms with Crippen LogP contribution < -0.4 is 0 Å². The highest BCUT2D eigenvalue weighted by atomic mass is 16.5. The van der Waals surface area contributed by atoms with Gasteiger partial charge in [0.25, 0.3) is 0 Å². The number of carbonyl (C=O) groups is 1. The summed E-state index contributed by atoms with van der Waals surface area (Å²) in [7, 11) is 0. The predicted octanol–water partition coefficient (Wildman–Crippen LogP) is 3.54. The van der Waals surface area contributed by atoms with Crippen LogP contribution in [0.2, 0.25) is 0 Å². The quantitative estimate of drug-likeness (QED) is 0.771. The first-order chi connectivity index (χ1) is 8.56. The Morgan fingerprint density at radius 3 is 3.00 bits per heavy atom. The van der Waals surface area contributed by atoms with Gasteiger partial charge >= 0.3 is 5.97 Å². The monoisotopic (exact) mass is 251 g/mol. The number of ether oxygens (including phenoxy) is 1. The van der Waals surface area contributed by atoms with E-state index in [1.54, 1.807) is 6.92 Å². The molecule has 1 aliphatic carbocycles. The van der Waals surface area contributed by atoms with E-state index in [-0.39, 0.29) is 17.3 Å². The number of oxazole rings is 1. The summed E-state index contributed by atoms with van der Waals surface area (Å²) in [5, 5.41) is 0. The van der Waals surface area contributed by atoms with E-state index < -0.39 is 0 Å². The molecule has 2 rings (SSSR count). The van der Waals surface area contributed by atoms with Gasteiger partial charge in [0.05, 0.1) is 6.61 Å². The Morgan fingerprint density at radius 2 is 2.33 bits per heavy atom. The Kier molecular flexibility index (Phi) is 3.73. The van der Waals surface area contributed by atoms with Gasteiger partial charge in [0, 0.05) is 5.92 Å². The van der Waals surface area contributed by atoms with Gasteiger partial charge in [-0.05, 0) is 25.2 Å². The average Bonchev–Trinajstić information content (AvgIpc) is 2.77. The molecule has 0 bridgehead atoms. The fraction of sp³-hybridized carbons (Fsp3) is 0.714. The second-order valence-electron chi connectivity index (χ2n) is 5.57. The maximum atomic E-state index is 11.8. The second kappa shape index (κ2) is 5.12. The molecule has 0 aliphatic heterocycles. The normalized spacial score (nSPS) is 22.7. The summed E-state index contributed by atoms with van der Waals surface area (Å²) in [6.07, 6.45) is 5.98. The van der Waals surface area contributed by atoms with Gasteiger partial charge in [0.2, 0.25) is 0 Å². The first-order valence-electron chi connectivity index (χ1n) is 6.66. The van der Waals surface area contributed by atoms with Crippen LogP contribution in [0.4, 0.5) is 0 Å². The van der Waals surface area contributed by atoms with E-state index in [4.69, 9.17) is 9.15 Å². The molecule has 0 spiro atoms. The molecule has 1 fully saturated rings. The zero-order valence-corrected chi connectivity index (χ0v) is 11.4. The second-order valence-corrected chi connectivity index (χ2v) is 5.57. The number of carbonyl (C=O) groups excluding carboxylic acids is 1. The summed E-state index contributed by atoms with van der Waals surface area (Å²) in [6.45, 7) is 6.62. The molecule has 0 N–H and O–H groups in total. The summed E-state index contributed by atoms with van der Waals surface area (Å²) in [5.41, 5.74) is 0.510. The molecule has 18 heavy (non-hydrogen) atoms. The highest BCUT2D eigenvalue weighted by molar-refractivity contribution is 5.88. The lowest BCUT2D eigenvalue weighted by Gasteiger charge is -2.37. The molecule has 1 saturated carbocycles. The van der Waals surface area contributed by atoms with Gasteiger partial charge in [0.15, 0.2) is 12.1 Å². The van der Waals surface area contributed by atoms with Crippen LogP contribution in [0.1, 0.15) is 68.6 Å². The summed E-state index contributed by atoms with van der Waals surface area (Å²) in [5.74, 6) is 0.592. The minimum atomic E-state index is -0.373. The van der Waals surface area contributed by atoms with E-state index in [2.05, 4.69) is 18.8 Å². The van der Waals surface area contributed by atoms with Crippen LogP contribution in [0.3, 0.4) is 0 Å². The van der Waals surface area contributed by atoms with Gasteiger partial charge in [0.1, 0.15) is 5.76 Å². The summed E-state index contributed by atoms with van der Waals surface area (Å²) in [6, 6.07) is 0. The molecule has 1 aromatic heterocycles. The van der Waals surface area contributed by atoms with E-state index >= 15 is 0 Å². The van der Waals surface area contributed by atoms with Crippen LogP contribution in [0.15, 0.2) is 10.8 Å². The number of hydrogen-bond acceptors (Lipinski definition) is 4. The number of aromatic nitrogens is 1. The van der Waals surface area contributed by atoms with Crippen molar-refractivity contribution in [2.45, 2.75) is 52.4 Å². The van der Waals surface area contributed by atoms with Crippen LogP contribution in [0.25, 0.3) is 0 Å². The van der Waals surface area contributed by atoms with Gasteiger partial charge < -0.3 is 9.15 Å². The molecule has 4 nitrogen and oxygen atoms in total.